The molecule has 0 spiro atoms. The van der Waals surface area contributed by atoms with E-state index in [2.05, 4.69) is 9.97 Å². The van der Waals surface area contributed by atoms with E-state index in [1.54, 1.807) is 6.20 Å². The van der Waals surface area contributed by atoms with Crippen molar-refractivity contribution in [2.75, 3.05) is 5.73 Å². The average Bonchev–Trinajstić information content (AvgIpc) is 3.15. The van der Waals surface area contributed by atoms with E-state index in [9.17, 15) is 22.7 Å². The molecular formula is C19H20F4N4O. The van der Waals surface area contributed by atoms with Crippen LogP contribution >= 0.6 is 0 Å². The third kappa shape index (κ3) is 2.62. The first-order valence-electron chi connectivity index (χ1n) is 9.43. The first kappa shape index (κ1) is 17.9. The van der Waals surface area contributed by atoms with Crippen LogP contribution in [0, 0.1) is 11.8 Å². The summed E-state index contributed by atoms with van der Waals surface area (Å²) < 4.78 is 55.5. The molecule has 28 heavy (non-hydrogen) atoms. The first-order chi connectivity index (χ1) is 13.2. The minimum atomic E-state index is -4.63. The number of pyridine rings is 1. The summed E-state index contributed by atoms with van der Waals surface area (Å²) in [5.74, 6) is -0.0632. The van der Waals surface area contributed by atoms with Gasteiger partial charge in [0.15, 0.2) is 0 Å². The molecule has 0 saturated heterocycles. The Morgan fingerprint density at radius 2 is 1.96 bits per heavy atom. The smallest absolute Gasteiger partial charge is 0.385 e. The van der Waals surface area contributed by atoms with E-state index in [0.29, 0.717) is 25.1 Å². The molecule has 150 valence electrons. The van der Waals surface area contributed by atoms with Gasteiger partial charge in [-0.05, 0) is 43.6 Å². The van der Waals surface area contributed by atoms with Crippen molar-refractivity contribution >= 4 is 5.82 Å². The van der Waals surface area contributed by atoms with Crippen molar-refractivity contribution < 1.29 is 22.7 Å². The fourth-order valence-corrected chi connectivity index (χ4v) is 4.75. The molecule has 6 rings (SSSR count). The minimum Gasteiger partial charge on any atom is -0.385 e. The molecule has 4 aliphatic carbocycles. The molecule has 2 aromatic heterocycles. The number of nitrogens with two attached hydrogens (primary N) is 1. The molecule has 0 radical (unpaired) electrons. The lowest BCUT2D eigenvalue weighted by Crippen LogP contribution is -2.40. The van der Waals surface area contributed by atoms with Gasteiger partial charge in [-0.25, -0.2) is 14.4 Å². The van der Waals surface area contributed by atoms with Gasteiger partial charge >= 0.3 is 6.18 Å². The van der Waals surface area contributed by atoms with Gasteiger partial charge in [0, 0.05) is 29.9 Å². The maximum atomic E-state index is 14.1. The van der Waals surface area contributed by atoms with Gasteiger partial charge in [-0.3, -0.25) is 0 Å². The van der Waals surface area contributed by atoms with Gasteiger partial charge in [0.2, 0.25) is 0 Å². The summed E-state index contributed by atoms with van der Waals surface area (Å²) in [6.07, 6.45) is 0.0328. The fraction of sp³-hybridized carbons (Fsp3) is 0.579. The number of hydrogen-bond acceptors (Lipinski definition) is 4. The van der Waals surface area contributed by atoms with Gasteiger partial charge in [0.25, 0.3) is 0 Å². The lowest BCUT2D eigenvalue weighted by Gasteiger charge is -2.40. The molecule has 3 N–H and O–H groups in total. The highest BCUT2D eigenvalue weighted by molar-refractivity contribution is 5.62. The maximum Gasteiger partial charge on any atom is 0.419 e. The Bertz CT molecular complexity index is 931. The molecule has 2 atom stereocenters. The zero-order valence-corrected chi connectivity index (χ0v) is 15.0. The molecule has 2 aromatic rings. The van der Waals surface area contributed by atoms with Crippen LogP contribution in [0.15, 0.2) is 18.5 Å². The number of hydrogen-bond donors (Lipinski definition) is 2. The number of aliphatic hydroxyl groups is 1. The number of anilines is 1. The van der Waals surface area contributed by atoms with Crippen LogP contribution in [-0.2, 0) is 11.7 Å². The van der Waals surface area contributed by atoms with Crippen LogP contribution in [-0.4, -0.2) is 25.8 Å². The number of alkyl halides is 4. The quantitative estimate of drug-likeness (QED) is 0.770. The van der Waals surface area contributed by atoms with Gasteiger partial charge in [-0.15, -0.1) is 0 Å². The van der Waals surface area contributed by atoms with Crippen LogP contribution < -0.4 is 5.73 Å². The van der Waals surface area contributed by atoms with E-state index in [1.807, 2.05) is 4.57 Å². The highest BCUT2D eigenvalue weighted by atomic mass is 19.4. The Morgan fingerprint density at radius 1 is 1.25 bits per heavy atom. The summed E-state index contributed by atoms with van der Waals surface area (Å²) in [6, 6.07) is 0.927. The molecule has 4 aliphatic rings. The Morgan fingerprint density at radius 3 is 2.54 bits per heavy atom. The highest BCUT2D eigenvalue weighted by Crippen LogP contribution is 2.59. The normalized spacial score (nSPS) is 30.3. The topological polar surface area (TPSA) is 77.0 Å². The van der Waals surface area contributed by atoms with Crippen LogP contribution in [0.3, 0.4) is 0 Å². The molecule has 9 heteroatoms. The van der Waals surface area contributed by atoms with Gasteiger partial charge in [-0.2, -0.15) is 13.2 Å². The SMILES string of the molecule is Nc1ncc(-c2cn(C34CC(F)C(C3)C4)c([C@@H](O)C3CC3)n2)cc1C(F)(F)F. The van der Waals surface area contributed by atoms with Crippen LogP contribution in [0.25, 0.3) is 11.3 Å². The number of aliphatic hydroxyl groups excluding tert-OH is 1. The van der Waals surface area contributed by atoms with E-state index in [0.717, 1.165) is 18.9 Å². The molecule has 2 heterocycles. The van der Waals surface area contributed by atoms with Crippen LogP contribution in [0.1, 0.15) is 49.6 Å². The molecular weight excluding hydrogens is 376 g/mol. The van der Waals surface area contributed by atoms with Gasteiger partial charge in [0.1, 0.15) is 23.9 Å². The van der Waals surface area contributed by atoms with Crippen molar-refractivity contribution in [1.82, 2.24) is 14.5 Å². The molecule has 0 amide bonds. The second-order valence-electron chi connectivity index (χ2n) is 8.40. The average molecular weight is 396 g/mol. The lowest BCUT2D eigenvalue weighted by molar-refractivity contribution is -0.137. The second-order valence-corrected chi connectivity index (χ2v) is 8.40. The predicted octanol–water partition coefficient (Wildman–Crippen LogP) is 3.84. The zero-order valence-electron chi connectivity index (χ0n) is 15.0. The third-order valence-electron chi connectivity index (χ3n) is 6.47. The summed E-state index contributed by atoms with van der Waals surface area (Å²) in [5, 5.41) is 10.7. The molecule has 1 unspecified atom stereocenters. The van der Waals surface area contributed by atoms with Crippen LogP contribution in [0.5, 0.6) is 0 Å². The first-order valence-corrected chi connectivity index (χ1v) is 9.43. The number of rotatable bonds is 4. The van der Waals surface area contributed by atoms with Gasteiger partial charge in [-0.1, -0.05) is 0 Å². The maximum absolute atomic E-state index is 14.1. The standard InChI is InChI=1S/C19H20F4N4O/c20-13-6-18(4-11(13)5-18)27-8-14(26-17(27)15(28)9-1-2-9)10-3-12(19(21,22)23)16(24)25-7-10/h3,7-9,11,13,15,28H,1-2,4-6H2,(H2,24,25)/t11?,13?,15-,18?/m0/s1. The number of nitrogens with zero attached hydrogens (tertiary/aromatic N) is 3. The number of nitrogen functional groups attached to an aromatic ring is 1. The van der Waals surface area contributed by atoms with Crippen molar-refractivity contribution in [3.8, 4) is 11.3 Å². The zero-order chi connectivity index (χ0) is 19.8. The predicted molar refractivity (Wildman–Crippen MR) is 92.8 cm³/mol. The Labute approximate surface area is 158 Å². The van der Waals surface area contributed by atoms with Gasteiger partial charge in [0.05, 0.1) is 11.3 Å². The molecule has 4 saturated carbocycles. The fourth-order valence-electron chi connectivity index (χ4n) is 4.75. The summed E-state index contributed by atoms with van der Waals surface area (Å²) in [4.78, 5) is 8.15. The number of fused-ring (bicyclic) bond motifs is 1. The van der Waals surface area contributed by atoms with Crippen molar-refractivity contribution in [2.45, 2.75) is 56.1 Å². The van der Waals surface area contributed by atoms with Crippen molar-refractivity contribution in [3.63, 3.8) is 0 Å². The summed E-state index contributed by atoms with van der Waals surface area (Å²) in [5.41, 5.74) is 4.39. The summed E-state index contributed by atoms with van der Waals surface area (Å²) in [7, 11) is 0. The molecule has 4 fully saturated rings. The van der Waals surface area contributed by atoms with E-state index >= 15 is 0 Å². The number of imidazole rings is 1. The molecule has 5 nitrogen and oxygen atoms in total. The molecule has 0 aromatic carbocycles. The second kappa shape index (κ2) is 5.68. The number of halogens is 4. The molecule has 2 bridgehead atoms. The lowest BCUT2D eigenvalue weighted by atomic mass is 9.76. The number of aromatic nitrogens is 3. The largest absolute Gasteiger partial charge is 0.419 e. The third-order valence-corrected chi connectivity index (χ3v) is 6.47. The van der Waals surface area contributed by atoms with Crippen LogP contribution in [0.4, 0.5) is 23.4 Å². The minimum absolute atomic E-state index is 0.0202. The van der Waals surface area contributed by atoms with E-state index in [1.165, 1.54) is 6.20 Å². The Balaban J connectivity index is 1.59. The Kier molecular flexibility index (Phi) is 3.63. The Hall–Kier alpha value is -2.16. The van der Waals surface area contributed by atoms with Gasteiger partial charge < -0.3 is 15.4 Å². The van der Waals surface area contributed by atoms with Crippen molar-refractivity contribution in [1.29, 1.82) is 0 Å². The molecule has 0 aliphatic heterocycles. The summed E-state index contributed by atoms with van der Waals surface area (Å²) >= 11 is 0. The van der Waals surface area contributed by atoms with E-state index in [4.69, 9.17) is 5.73 Å². The highest BCUT2D eigenvalue weighted by Gasteiger charge is 2.58. The van der Waals surface area contributed by atoms with E-state index in [-0.39, 0.29) is 23.1 Å². The van der Waals surface area contributed by atoms with Crippen LogP contribution in [0.2, 0.25) is 0 Å². The van der Waals surface area contributed by atoms with Crippen molar-refractivity contribution in [3.05, 3.63) is 29.8 Å². The van der Waals surface area contributed by atoms with Crippen molar-refractivity contribution in [2.24, 2.45) is 11.8 Å². The van der Waals surface area contributed by atoms with E-state index < -0.39 is 35.4 Å². The monoisotopic (exact) mass is 396 g/mol. The summed E-state index contributed by atoms with van der Waals surface area (Å²) in [6.45, 7) is 0.